The average Bonchev–Trinajstić information content (AvgIpc) is 0.801. The molecule has 2 saturated heterocycles. The Kier molecular flexibility index (Phi) is 62.0. The predicted octanol–water partition coefficient (Wildman–Crippen LogP) is 18.6. The Morgan fingerprint density at radius 3 is 1.05 bits per heavy atom. The van der Waals surface area contributed by atoms with Crippen LogP contribution in [0, 0.1) is 0 Å². The predicted molar refractivity (Wildman–Crippen MR) is 392 cm³/mol. The zero-order valence-electron chi connectivity index (χ0n) is 61.7. The molecular weight excluding hydrogens is 1190 g/mol. The van der Waals surface area contributed by atoms with Gasteiger partial charge >= 0.3 is 0 Å². The average molecular weight is 1350 g/mol. The number of carbonyl (C=O) groups is 1. The first-order valence-electron chi connectivity index (χ1n) is 41.1. The Morgan fingerprint density at radius 2 is 0.695 bits per heavy atom. The molecule has 2 aliphatic heterocycles. The molecule has 1 amide bonds. The highest BCUT2D eigenvalue weighted by Gasteiger charge is 2.51. The standard InChI is InChI=1S/C81H155NO13/c1-3-5-7-9-11-13-15-17-19-21-23-25-27-29-31-33-34-35-37-38-40-42-44-46-48-50-52-54-56-58-60-62-64-70(85)69(68-92-80-78(91)76(89)79(72(67-84)94-80)95-81-77(90)75(88)74(87)71(66-83)93-81)82-73(86)65-63-61-59-57-55-53-51-49-47-45-43-41-39-36-32-30-28-26-24-22-20-18-16-14-12-10-8-6-4-2/h16,18,22,24,69-72,74-81,83-85,87-91H,3-15,17,19-21,23,25-68H2,1-2H3,(H,82,86)/b18-16-,24-22-. The molecule has 562 valence electrons. The summed E-state index contributed by atoms with van der Waals surface area (Å²) in [7, 11) is 0. The number of hydrogen-bond donors (Lipinski definition) is 9. The first kappa shape index (κ1) is 89.6. The van der Waals surface area contributed by atoms with Crippen LogP contribution in [-0.2, 0) is 23.7 Å². The minimum atomic E-state index is -1.78. The molecule has 0 spiro atoms. The van der Waals surface area contributed by atoms with Gasteiger partial charge < -0.3 is 65.1 Å². The molecule has 2 rings (SSSR count). The molecule has 2 fully saturated rings. The van der Waals surface area contributed by atoms with Gasteiger partial charge in [-0.05, 0) is 44.9 Å². The lowest BCUT2D eigenvalue weighted by Crippen LogP contribution is -2.65. The SMILES string of the molecule is CCCCCCC/C=C\C/C=C\CCCCCCCCCCCCCCCCCCCC(=O)NC(COC1OC(CO)C(OC2OC(CO)C(O)C(O)C2O)C(O)C1O)C(O)CCCCCCCCCCCCCCCCCCCCCCCCCCCCCCCCCC. The summed E-state index contributed by atoms with van der Waals surface area (Å²) < 4.78 is 23.0. The van der Waals surface area contributed by atoms with Gasteiger partial charge in [-0.1, -0.05) is 366 Å². The van der Waals surface area contributed by atoms with Crippen molar-refractivity contribution in [2.75, 3.05) is 19.8 Å². The minimum Gasteiger partial charge on any atom is -0.394 e. The second-order valence-corrected chi connectivity index (χ2v) is 29.3. The maximum Gasteiger partial charge on any atom is 0.220 e. The number of unbranched alkanes of at least 4 members (excludes halogenated alkanes) is 53. The molecule has 14 heteroatoms. The van der Waals surface area contributed by atoms with Gasteiger partial charge in [-0.3, -0.25) is 4.79 Å². The van der Waals surface area contributed by atoms with Crippen LogP contribution in [0.1, 0.15) is 393 Å². The molecule has 0 saturated carbocycles. The van der Waals surface area contributed by atoms with Gasteiger partial charge in [0.1, 0.15) is 48.8 Å². The maximum atomic E-state index is 13.4. The van der Waals surface area contributed by atoms with E-state index in [0.717, 1.165) is 57.8 Å². The van der Waals surface area contributed by atoms with Crippen LogP contribution < -0.4 is 5.32 Å². The Labute approximate surface area is 583 Å². The Bertz CT molecular complexity index is 1690. The highest BCUT2D eigenvalue weighted by Crippen LogP contribution is 2.31. The van der Waals surface area contributed by atoms with E-state index < -0.39 is 86.8 Å². The molecular formula is C81H155NO13. The van der Waals surface area contributed by atoms with Gasteiger partial charge in [0.2, 0.25) is 5.91 Å². The summed E-state index contributed by atoms with van der Waals surface area (Å²) in [5.74, 6) is -0.198. The normalized spacial score (nSPS) is 22.4. The van der Waals surface area contributed by atoms with Crippen LogP contribution in [0.5, 0.6) is 0 Å². The lowest BCUT2D eigenvalue weighted by Gasteiger charge is -2.46. The molecule has 0 aliphatic carbocycles. The molecule has 9 N–H and O–H groups in total. The largest absolute Gasteiger partial charge is 0.394 e. The third-order valence-electron chi connectivity index (χ3n) is 20.4. The molecule has 12 atom stereocenters. The van der Waals surface area contributed by atoms with Gasteiger partial charge in [-0.25, -0.2) is 0 Å². The number of amides is 1. The van der Waals surface area contributed by atoms with Gasteiger partial charge in [0.15, 0.2) is 12.6 Å². The molecule has 0 aromatic heterocycles. The Balaban J connectivity index is 1.60. The lowest BCUT2D eigenvalue weighted by molar-refractivity contribution is -0.359. The molecule has 2 heterocycles. The molecule has 0 aromatic carbocycles. The van der Waals surface area contributed by atoms with Crippen LogP contribution in [-0.4, -0.2) is 140 Å². The van der Waals surface area contributed by atoms with Crippen LogP contribution in [0.4, 0.5) is 0 Å². The number of hydrogen-bond acceptors (Lipinski definition) is 13. The zero-order valence-corrected chi connectivity index (χ0v) is 61.7. The number of allylic oxidation sites excluding steroid dienone is 4. The summed E-state index contributed by atoms with van der Waals surface area (Å²) in [6, 6.07) is -0.829. The third-order valence-corrected chi connectivity index (χ3v) is 20.4. The van der Waals surface area contributed by atoms with Gasteiger partial charge in [-0.15, -0.1) is 0 Å². The van der Waals surface area contributed by atoms with E-state index in [0.29, 0.717) is 12.8 Å². The second kappa shape index (κ2) is 65.8. The number of aliphatic hydroxyl groups excluding tert-OH is 8. The van der Waals surface area contributed by atoms with Crippen molar-refractivity contribution < 1.29 is 64.6 Å². The zero-order chi connectivity index (χ0) is 68.7. The van der Waals surface area contributed by atoms with E-state index in [1.165, 1.54) is 308 Å². The molecule has 0 aromatic rings. The maximum absolute atomic E-state index is 13.4. The van der Waals surface area contributed by atoms with E-state index in [1.54, 1.807) is 0 Å². The molecule has 0 bridgehead atoms. The number of nitrogens with one attached hydrogen (secondary N) is 1. The van der Waals surface area contributed by atoms with E-state index >= 15 is 0 Å². The van der Waals surface area contributed by atoms with Crippen molar-refractivity contribution >= 4 is 5.91 Å². The van der Waals surface area contributed by atoms with E-state index in [2.05, 4.69) is 43.5 Å². The van der Waals surface area contributed by atoms with Crippen molar-refractivity contribution in [1.82, 2.24) is 5.32 Å². The lowest BCUT2D eigenvalue weighted by atomic mass is 9.97. The molecule has 14 nitrogen and oxygen atoms in total. The van der Waals surface area contributed by atoms with Crippen LogP contribution in [0.25, 0.3) is 0 Å². The summed E-state index contributed by atoms with van der Waals surface area (Å²) in [6.07, 6.45) is 68.0. The smallest absolute Gasteiger partial charge is 0.220 e. The highest BCUT2D eigenvalue weighted by atomic mass is 16.7. The number of aliphatic hydroxyl groups is 8. The number of carbonyl (C=O) groups excluding carboxylic acids is 1. The van der Waals surface area contributed by atoms with Crippen molar-refractivity contribution in [3.8, 4) is 0 Å². The molecule has 12 unspecified atom stereocenters. The monoisotopic (exact) mass is 1350 g/mol. The summed E-state index contributed by atoms with van der Waals surface area (Å²) in [6.45, 7) is 2.92. The van der Waals surface area contributed by atoms with Gasteiger partial charge in [0.05, 0.1) is 32.0 Å². The van der Waals surface area contributed by atoms with Crippen molar-refractivity contribution in [2.24, 2.45) is 0 Å². The molecule has 2 aliphatic rings. The van der Waals surface area contributed by atoms with E-state index in [-0.39, 0.29) is 12.5 Å². The Hall–Kier alpha value is -1.53. The fourth-order valence-corrected chi connectivity index (χ4v) is 13.9. The van der Waals surface area contributed by atoms with Crippen LogP contribution in [0.2, 0.25) is 0 Å². The van der Waals surface area contributed by atoms with Gasteiger partial charge in [0, 0.05) is 6.42 Å². The number of rotatable bonds is 70. The fraction of sp³-hybridized carbons (Fsp3) is 0.938. The first-order chi connectivity index (χ1) is 46.6. The highest BCUT2D eigenvalue weighted by molar-refractivity contribution is 5.76. The quantitative estimate of drug-likeness (QED) is 0.0204. The Morgan fingerprint density at radius 1 is 0.379 bits per heavy atom. The van der Waals surface area contributed by atoms with Crippen molar-refractivity contribution in [1.29, 1.82) is 0 Å². The first-order valence-corrected chi connectivity index (χ1v) is 41.1. The summed E-state index contributed by atoms with van der Waals surface area (Å²) in [4.78, 5) is 13.4. The van der Waals surface area contributed by atoms with Gasteiger partial charge in [-0.2, -0.15) is 0 Å². The number of ether oxygens (including phenoxy) is 4. The molecule has 95 heavy (non-hydrogen) atoms. The minimum absolute atomic E-state index is 0.198. The van der Waals surface area contributed by atoms with Crippen LogP contribution in [0.3, 0.4) is 0 Å². The van der Waals surface area contributed by atoms with E-state index in [4.69, 9.17) is 18.9 Å². The van der Waals surface area contributed by atoms with Crippen molar-refractivity contribution in [3.05, 3.63) is 24.3 Å². The summed E-state index contributed by atoms with van der Waals surface area (Å²) >= 11 is 0. The van der Waals surface area contributed by atoms with E-state index in [9.17, 15) is 45.6 Å². The van der Waals surface area contributed by atoms with Crippen LogP contribution in [0.15, 0.2) is 24.3 Å². The second-order valence-electron chi connectivity index (χ2n) is 29.3. The van der Waals surface area contributed by atoms with Crippen LogP contribution >= 0.6 is 0 Å². The summed E-state index contributed by atoms with van der Waals surface area (Å²) in [5.41, 5.74) is 0. The van der Waals surface area contributed by atoms with E-state index in [1.807, 2.05) is 0 Å². The summed E-state index contributed by atoms with van der Waals surface area (Å²) in [5, 5.41) is 87.9. The van der Waals surface area contributed by atoms with Crippen molar-refractivity contribution in [3.63, 3.8) is 0 Å². The fourth-order valence-electron chi connectivity index (χ4n) is 13.9. The third kappa shape index (κ3) is 48.9. The van der Waals surface area contributed by atoms with Gasteiger partial charge in [0.25, 0.3) is 0 Å². The topological polar surface area (TPSA) is 228 Å². The van der Waals surface area contributed by atoms with Crippen molar-refractivity contribution in [2.45, 2.75) is 466 Å². The molecule has 0 radical (unpaired) electrons.